The van der Waals surface area contributed by atoms with Gasteiger partial charge in [-0.2, -0.15) is 0 Å². The highest BCUT2D eigenvalue weighted by Crippen LogP contribution is 2.44. The van der Waals surface area contributed by atoms with Crippen molar-refractivity contribution < 1.29 is 4.74 Å². The van der Waals surface area contributed by atoms with Gasteiger partial charge in [0.05, 0.1) is 7.11 Å². The molecule has 0 saturated carbocycles. The minimum absolute atomic E-state index is 0.0651. The lowest BCUT2D eigenvalue weighted by atomic mass is 9.73. The first-order chi connectivity index (χ1) is 11.1. The molecule has 0 atom stereocenters. The van der Waals surface area contributed by atoms with Gasteiger partial charge < -0.3 is 4.74 Å². The van der Waals surface area contributed by atoms with Crippen LogP contribution in [0.5, 0.6) is 5.75 Å². The second kappa shape index (κ2) is 6.47. The van der Waals surface area contributed by atoms with Crippen molar-refractivity contribution in [1.82, 2.24) is 0 Å². The SMILES string of the molecule is C=Cc1c(C)c(C(C)(C)C)cc(C(C)(C)c2ccccc2)c1OC. The Labute approximate surface area is 147 Å². The molecule has 0 spiro atoms. The van der Waals surface area contributed by atoms with Gasteiger partial charge in [-0.05, 0) is 29.0 Å². The smallest absolute Gasteiger partial charge is 0.130 e. The summed E-state index contributed by atoms with van der Waals surface area (Å²) in [6.07, 6.45) is 1.92. The maximum absolute atomic E-state index is 5.85. The highest BCUT2D eigenvalue weighted by molar-refractivity contribution is 5.67. The lowest BCUT2D eigenvalue weighted by Crippen LogP contribution is -2.23. The van der Waals surface area contributed by atoms with E-state index in [4.69, 9.17) is 4.74 Å². The van der Waals surface area contributed by atoms with Gasteiger partial charge in [-0.15, -0.1) is 0 Å². The number of methoxy groups -OCH3 is 1. The Bertz CT molecular complexity index is 731. The maximum atomic E-state index is 5.85. The van der Waals surface area contributed by atoms with Crippen molar-refractivity contribution in [3.8, 4) is 5.75 Å². The third-order valence-electron chi connectivity index (χ3n) is 4.97. The van der Waals surface area contributed by atoms with Gasteiger partial charge in [-0.1, -0.05) is 83.7 Å². The first-order valence-electron chi connectivity index (χ1n) is 8.55. The summed E-state index contributed by atoms with van der Waals surface area (Å²) in [5.41, 5.74) is 6.10. The molecule has 128 valence electrons. The number of hydrogen-bond acceptors (Lipinski definition) is 1. The molecule has 0 heterocycles. The van der Waals surface area contributed by atoms with E-state index in [0.717, 1.165) is 11.3 Å². The number of ether oxygens (including phenoxy) is 1. The van der Waals surface area contributed by atoms with Crippen LogP contribution in [0.1, 0.15) is 62.4 Å². The monoisotopic (exact) mass is 322 g/mol. The van der Waals surface area contributed by atoms with Crippen LogP contribution >= 0.6 is 0 Å². The Balaban J connectivity index is 2.85. The zero-order chi connectivity index (χ0) is 18.1. The van der Waals surface area contributed by atoms with Gasteiger partial charge in [-0.3, -0.25) is 0 Å². The van der Waals surface area contributed by atoms with Crippen LogP contribution in [0.25, 0.3) is 6.08 Å². The molecule has 2 aromatic rings. The van der Waals surface area contributed by atoms with E-state index in [2.05, 4.69) is 84.5 Å². The fourth-order valence-corrected chi connectivity index (χ4v) is 3.50. The molecule has 0 amide bonds. The Morgan fingerprint density at radius 1 is 0.958 bits per heavy atom. The molecule has 1 nitrogen and oxygen atoms in total. The summed E-state index contributed by atoms with van der Waals surface area (Å²) in [5, 5.41) is 0. The van der Waals surface area contributed by atoms with Gasteiger partial charge in [0, 0.05) is 16.5 Å². The molecule has 0 unspecified atom stereocenters. The maximum Gasteiger partial charge on any atom is 0.130 e. The van der Waals surface area contributed by atoms with E-state index in [1.165, 1.54) is 22.3 Å². The van der Waals surface area contributed by atoms with Crippen molar-refractivity contribution in [2.45, 2.75) is 52.4 Å². The molecule has 0 saturated heterocycles. The summed E-state index contributed by atoms with van der Waals surface area (Å²) in [6, 6.07) is 12.9. The van der Waals surface area contributed by atoms with Crippen LogP contribution in [0.3, 0.4) is 0 Å². The largest absolute Gasteiger partial charge is 0.496 e. The molecule has 0 aromatic heterocycles. The third-order valence-corrected chi connectivity index (χ3v) is 4.97. The van der Waals surface area contributed by atoms with E-state index in [1.807, 2.05) is 6.08 Å². The summed E-state index contributed by atoms with van der Waals surface area (Å²) in [5.74, 6) is 0.935. The third kappa shape index (κ3) is 3.13. The number of hydrogen-bond donors (Lipinski definition) is 0. The quantitative estimate of drug-likeness (QED) is 0.644. The number of benzene rings is 2. The zero-order valence-electron chi connectivity index (χ0n) is 16.2. The lowest BCUT2D eigenvalue weighted by Gasteiger charge is -2.33. The van der Waals surface area contributed by atoms with E-state index in [-0.39, 0.29) is 10.8 Å². The fraction of sp³-hybridized carbons (Fsp3) is 0.391. The van der Waals surface area contributed by atoms with Crippen molar-refractivity contribution in [3.05, 3.63) is 70.8 Å². The first-order valence-corrected chi connectivity index (χ1v) is 8.55. The van der Waals surface area contributed by atoms with Gasteiger partial charge in [0.1, 0.15) is 5.75 Å². The van der Waals surface area contributed by atoms with E-state index in [0.29, 0.717) is 0 Å². The average molecular weight is 322 g/mol. The van der Waals surface area contributed by atoms with Crippen LogP contribution in [0.2, 0.25) is 0 Å². The predicted octanol–water partition coefficient (Wildman–Crippen LogP) is 6.27. The van der Waals surface area contributed by atoms with Gasteiger partial charge >= 0.3 is 0 Å². The summed E-state index contributed by atoms with van der Waals surface area (Å²) in [7, 11) is 1.75. The van der Waals surface area contributed by atoms with E-state index in [9.17, 15) is 0 Å². The Hall–Kier alpha value is -2.02. The van der Waals surface area contributed by atoms with Crippen LogP contribution < -0.4 is 4.74 Å². The Kier molecular flexibility index (Phi) is 4.94. The second-order valence-electron chi connectivity index (χ2n) is 7.99. The second-order valence-corrected chi connectivity index (χ2v) is 7.99. The van der Waals surface area contributed by atoms with Crippen molar-refractivity contribution in [2.75, 3.05) is 7.11 Å². The lowest BCUT2D eigenvalue weighted by molar-refractivity contribution is 0.398. The first kappa shape index (κ1) is 18.3. The zero-order valence-corrected chi connectivity index (χ0v) is 16.2. The van der Waals surface area contributed by atoms with E-state index < -0.39 is 0 Å². The normalized spacial score (nSPS) is 12.1. The van der Waals surface area contributed by atoms with E-state index in [1.54, 1.807) is 7.11 Å². The molecular weight excluding hydrogens is 292 g/mol. The molecule has 0 aliphatic rings. The summed E-state index contributed by atoms with van der Waals surface area (Å²) in [4.78, 5) is 0. The van der Waals surface area contributed by atoms with Crippen LogP contribution in [-0.4, -0.2) is 7.11 Å². The van der Waals surface area contributed by atoms with Gasteiger partial charge in [0.25, 0.3) is 0 Å². The molecule has 0 fully saturated rings. The topological polar surface area (TPSA) is 9.23 Å². The van der Waals surface area contributed by atoms with Gasteiger partial charge in [-0.25, -0.2) is 0 Å². The van der Waals surface area contributed by atoms with Crippen LogP contribution in [-0.2, 0) is 10.8 Å². The molecule has 0 aliphatic carbocycles. The fourth-order valence-electron chi connectivity index (χ4n) is 3.50. The molecule has 2 rings (SSSR count). The summed E-state index contributed by atoms with van der Waals surface area (Å²) < 4.78 is 5.85. The molecule has 0 aliphatic heterocycles. The molecule has 0 N–H and O–H groups in total. The highest BCUT2D eigenvalue weighted by Gasteiger charge is 2.31. The molecular formula is C23H30O. The van der Waals surface area contributed by atoms with Gasteiger partial charge in [0.2, 0.25) is 0 Å². The van der Waals surface area contributed by atoms with E-state index >= 15 is 0 Å². The molecule has 2 aromatic carbocycles. The van der Waals surface area contributed by atoms with Crippen molar-refractivity contribution in [1.29, 1.82) is 0 Å². The Morgan fingerprint density at radius 2 is 1.54 bits per heavy atom. The standard InChI is InChI=1S/C23H30O/c1-9-18-16(2)19(22(3,4)5)15-20(21(18)24-8)23(6,7)17-13-11-10-12-14-17/h9-15H,1H2,2-8H3. The van der Waals surface area contributed by atoms with Crippen LogP contribution in [0.4, 0.5) is 0 Å². The molecule has 24 heavy (non-hydrogen) atoms. The Morgan fingerprint density at radius 3 is 2.00 bits per heavy atom. The van der Waals surface area contributed by atoms with Gasteiger partial charge in [0.15, 0.2) is 0 Å². The van der Waals surface area contributed by atoms with Crippen molar-refractivity contribution >= 4 is 6.08 Å². The van der Waals surface area contributed by atoms with Crippen molar-refractivity contribution in [2.24, 2.45) is 0 Å². The number of rotatable bonds is 4. The predicted molar refractivity (Wildman–Crippen MR) is 105 cm³/mol. The minimum Gasteiger partial charge on any atom is -0.496 e. The average Bonchev–Trinajstić information content (AvgIpc) is 2.53. The molecule has 0 radical (unpaired) electrons. The summed E-state index contributed by atoms with van der Waals surface area (Å²) >= 11 is 0. The van der Waals surface area contributed by atoms with Crippen LogP contribution in [0, 0.1) is 6.92 Å². The minimum atomic E-state index is -0.155. The summed E-state index contributed by atoms with van der Waals surface area (Å²) in [6.45, 7) is 17.5. The highest BCUT2D eigenvalue weighted by atomic mass is 16.5. The van der Waals surface area contributed by atoms with Crippen molar-refractivity contribution in [3.63, 3.8) is 0 Å². The molecule has 1 heteroatoms. The molecule has 0 bridgehead atoms. The van der Waals surface area contributed by atoms with Crippen LogP contribution in [0.15, 0.2) is 43.0 Å².